The van der Waals surface area contributed by atoms with Gasteiger partial charge in [0.1, 0.15) is 0 Å². The van der Waals surface area contributed by atoms with Crippen molar-refractivity contribution < 1.29 is 9.21 Å². The molecule has 5 nitrogen and oxygen atoms in total. The second-order valence-electron chi connectivity index (χ2n) is 7.27. The van der Waals surface area contributed by atoms with Crippen molar-refractivity contribution in [1.82, 2.24) is 15.1 Å². The molecule has 7 heteroatoms. The van der Waals surface area contributed by atoms with Crippen LogP contribution in [0.5, 0.6) is 0 Å². The molecule has 1 aromatic heterocycles. The number of carbonyl (C=O) groups is 1. The molecule has 1 heterocycles. The van der Waals surface area contributed by atoms with E-state index in [4.69, 9.17) is 16.0 Å². The highest BCUT2D eigenvalue weighted by atomic mass is 35.5. The molecule has 1 amide bonds. The number of hydrogen-bond acceptors (Lipinski definition) is 5. The molecule has 1 aliphatic rings. The predicted octanol–water partition coefficient (Wildman–Crippen LogP) is 5.29. The summed E-state index contributed by atoms with van der Waals surface area (Å²) in [5.41, 5.74) is 3.19. The third kappa shape index (κ3) is 4.82. The lowest BCUT2D eigenvalue weighted by Crippen LogP contribution is -2.34. The molecule has 0 atom stereocenters. The lowest BCUT2D eigenvalue weighted by molar-refractivity contribution is -0.129. The molecule has 0 aliphatic heterocycles. The van der Waals surface area contributed by atoms with E-state index in [9.17, 15) is 4.79 Å². The summed E-state index contributed by atoms with van der Waals surface area (Å²) in [6.07, 6.45) is 2.04. The molecule has 0 saturated heterocycles. The molecular weight excluding hydrogens is 406 g/mol. The molecule has 29 heavy (non-hydrogen) atoms. The van der Waals surface area contributed by atoms with Crippen LogP contribution in [-0.2, 0) is 11.3 Å². The van der Waals surface area contributed by atoms with Gasteiger partial charge in [0.2, 0.25) is 17.7 Å². The molecule has 0 radical (unpaired) electrons. The summed E-state index contributed by atoms with van der Waals surface area (Å²) in [4.78, 5) is 15.8. The smallest absolute Gasteiger partial charge is 0.249 e. The number of benzene rings is 2. The van der Waals surface area contributed by atoms with Gasteiger partial charge in [-0.15, -0.1) is 22.0 Å². The standard InChI is InChI=1S/C22H22ClN3O2S/c1-14-7-10-17(11-15(14)2)29-13-21(27)26(16-8-9-16)12-20-24-25-22(28-20)18-5-3-4-6-19(18)23/h3-7,10-11,16H,8-9,12-13H2,1-2H3. The number of aromatic nitrogens is 2. The molecule has 0 bridgehead atoms. The van der Waals surface area contributed by atoms with E-state index in [1.54, 1.807) is 17.8 Å². The third-order valence-electron chi connectivity index (χ3n) is 5.03. The maximum absolute atomic E-state index is 12.9. The van der Waals surface area contributed by atoms with Crippen LogP contribution >= 0.6 is 23.4 Å². The van der Waals surface area contributed by atoms with Gasteiger partial charge in [-0.2, -0.15) is 0 Å². The first-order chi connectivity index (χ1) is 14.0. The maximum Gasteiger partial charge on any atom is 0.249 e. The minimum atomic E-state index is 0.0909. The van der Waals surface area contributed by atoms with Gasteiger partial charge in [0.05, 0.1) is 22.9 Å². The van der Waals surface area contributed by atoms with E-state index < -0.39 is 0 Å². The van der Waals surface area contributed by atoms with Crippen LogP contribution in [0, 0.1) is 13.8 Å². The first-order valence-electron chi connectivity index (χ1n) is 9.58. The third-order valence-corrected chi connectivity index (χ3v) is 6.33. The van der Waals surface area contributed by atoms with Crippen LogP contribution in [0.4, 0.5) is 0 Å². The monoisotopic (exact) mass is 427 g/mol. The Balaban J connectivity index is 1.42. The van der Waals surface area contributed by atoms with Crippen LogP contribution in [0.1, 0.15) is 29.9 Å². The largest absolute Gasteiger partial charge is 0.419 e. The minimum Gasteiger partial charge on any atom is -0.419 e. The highest BCUT2D eigenvalue weighted by Crippen LogP contribution is 2.31. The second-order valence-corrected chi connectivity index (χ2v) is 8.72. The molecule has 0 spiro atoms. The van der Waals surface area contributed by atoms with Crippen molar-refractivity contribution in [2.45, 2.75) is 44.2 Å². The van der Waals surface area contributed by atoms with Crippen LogP contribution in [-0.4, -0.2) is 32.8 Å². The number of rotatable bonds is 7. The number of aryl methyl sites for hydroxylation is 2. The number of hydrogen-bond donors (Lipinski definition) is 0. The Kier molecular flexibility index (Phi) is 5.92. The highest BCUT2D eigenvalue weighted by Gasteiger charge is 2.33. The summed E-state index contributed by atoms with van der Waals surface area (Å²) >= 11 is 7.77. The first kappa shape index (κ1) is 20.0. The Morgan fingerprint density at radius 1 is 1.17 bits per heavy atom. The summed E-state index contributed by atoms with van der Waals surface area (Å²) in [5, 5.41) is 8.79. The van der Waals surface area contributed by atoms with Crippen LogP contribution in [0.2, 0.25) is 5.02 Å². The number of thioether (sulfide) groups is 1. The van der Waals surface area contributed by atoms with Crippen LogP contribution in [0.3, 0.4) is 0 Å². The van der Waals surface area contributed by atoms with Crippen LogP contribution in [0.15, 0.2) is 51.8 Å². The van der Waals surface area contributed by atoms with Crippen molar-refractivity contribution in [3.8, 4) is 11.5 Å². The van der Waals surface area contributed by atoms with Crippen molar-refractivity contribution in [1.29, 1.82) is 0 Å². The van der Waals surface area contributed by atoms with Crippen molar-refractivity contribution in [3.63, 3.8) is 0 Å². The van der Waals surface area contributed by atoms with E-state index in [1.165, 1.54) is 11.1 Å². The van der Waals surface area contributed by atoms with Gasteiger partial charge in [0, 0.05) is 10.9 Å². The molecular formula is C22H22ClN3O2S. The Hall–Kier alpha value is -2.31. The van der Waals surface area contributed by atoms with E-state index in [-0.39, 0.29) is 11.9 Å². The number of nitrogens with zero attached hydrogens (tertiary/aromatic N) is 3. The molecule has 3 aromatic rings. The van der Waals surface area contributed by atoms with Gasteiger partial charge in [-0.25, -0.2) is 0 Å². The predicted molar refractivity (Wildman–Crippen MR) is 115 cm³/mol. The van der Waals surface area contributed by atoms with E-state index in [2.05, 4.69) is 42.2 Å². The molecule has 0 unspecified atom stereocenters. The lowest BCUT2D eigenvalue weighted by Gasteiger charge is -2.20. The van der Waals surface area contributed by atoms with Crippen molar-refractivity contribution in [2.24, 2.45) is 0 Å². The zero-order chi connectivity index (χ0) is 20.4. The SMILES string of the molecule is Cc1ccc(SCC(=O)N(Cc2nnc(-c3ccccc3Cl)o2)C2CC2)cc1C. The average molecular weight is 428 g/mol. The fourth-order valence-corrected chi connectivity index (χ4v) is 4.14. The van der Waals surface area contributed by atoms with E-state index >= 15 is 0 Å². The average Bonchev–Trinajstić information content (AvgIpc) is 3.45. The zero-order valence-electron chi connectivity index (χ0n) is 16.4. The molecule has 1 fully saturated rings. The summed E-state index contributed by atoms with van der Waals surface area (Å²) < 4.78 is 5.79. The Labute approximate surface area is 179 Å². The topological polar surface area (TPSA) is 59.2 Å². The number of amides is 1. The summed E-state index contributed by atoms with van der Waals surface area (Å²) in [6, 6.07) is 13.9. The molecule has 150 valence electrons. The van der Waals surface area contributed by atoms with Gasteiger partial charge in [-0.05, 0) is 62.1 Å². The van der Waals surface area contributed by atoms with Crippen LogP contribution < -0.4 is 0 Å². The number of carbonyl (C=O) groups excluding carboxylic acids is 1. The minimum absolute atomic E-state index is 0.0909. The summed E-state index contributed by atoms with van der Waals surface area (Å²) in [5.74, 6) is 1.28. The zero-order valence-corrected chi connectivity index (χ0v) is 18.0. The quantitative estimate of drug-likeness (QED) is 0.479. The van der Waals surface area contributed by atoms with Crippen molar-refractivity contribution in [3.05, 3.63) is 64.5 Å². The van der Waals surface area contributed by atoms with Gasteiger partial charge in [-0.3, -0.25) is 4.79 Å². The molecule has 1 saturated carbocycles. The second kappa shape index (κ2) is 8.59. The van der Waals surface area contributed by atoms with Crippen molar-refractivity contribution >= 4 is 29.3 Å². The van der Waals surface area contributed by atoms with Gasteiger partial charge in [-0.1, -0.05) is 29.8 Å². The Bertz CT molecular complexity index is 1030. The summed E-state index contributed by atoms with van der Waals surface area (Å²) in [6.45, 7) is 4.50. The number of halogens is 1. The van der Waals surface area contributed by atoms with Crippen molar-refractivity contribution in [2.75, 3.05) is 5.75 Å². The van der Waals surface area contributed by atoms with Gasteiger partial charge >= 0.3 is 0 Å². The fraction of sp³-hybridized carbons (Fsp3) is 0.318. The summed E-state index contributed by atoms with van der Waals surface area (Å²) in [7, 11) is 0. The maximum atomic E-state index is 12.9. The highest BCUT2D eigenvalue weighted by molar-refractivity contribution is 8.00. The Morgan fingerprint density at radius 3 is 2.69 bits per heavy atom. The van der Waals surface area contributed by atoms with Gasteiger partial charge in [0.15, 0.2) is 0 Å². The lowest BCUT2D eigenvalue weighted by atomic mass is 10.1. The van der Waals surface area contributed by atoms with Gasteiger partial charge in [0.25, 0.3) is 0 Å². The molecule has 4 rings (SSSR count). The van der Waals surface area contributed by atoms with Crippen LogP contribution in [0.25, 0.3) is 11.5 Å². The normalized spacial score (nSPS) is 13.5. The Morgan fingerprint density at radius 2 is 1.97 bits per heavy atom. The van der Waals surface area contributed by atoms with E-state index in [0.717, 1.165) is 17.7 Å². The molecule has 0 N–H and O–H groups in total. The van der Waals surface area contributed by atoms with Gasteiger partial charge < -0.3 is 9.32 Å². The molecule has 1 aliphatic carbocycles. The van der Waals surface area contributed by atoms with E-state index in [0.29, 0.717) is 34.7 Å². The molecule has 2 aromatic carbocycles. The fourth-order valence-electron chi connectivity index (χ4n) is 3.05. The first-order valence-corrected chi connectivity index (χ1v) is 10.9. The van der Waals surface area contributed by atoms with E-state index in [1.807, 2.05) is 23.1 Å².